The topological polar surface area (TPSA) is 54.9 Å². The highest BCUT2D eigenvalue weighted by Crippen LogP contribution is 2.12. The summed E-state index contributed by atoms with van der Waals surface area (Å²) in [5, 5.41) is 3.84. The Bertz CT molecular complexity index is 797. The molecule has 1 N–H and O–H groups in total. The van der Waals surface area contributed by atoms with Crippen LogP contribution < -0.4 is 5.32 Å². The summed E-state index contributed by atoms with van der Waals surface area (Å²) >= 11 is 0. The molecule has 0 fully saturated rings. The summed E-state index contributed by atoms with van der Waals surface area (Å²) in [4.78, 5) is 20.2. The molecule has 3 rings (SSSR count). The standard InChI is InChI=1S/C17H13N3O/c21-17(20-15-9-11-18-12-10-15)8-7-14-6-5-13-3-1-2-4-16(13)19-14/h1-12H,(H,18,20,21)/b8-7+. The molecule has 21 heavy (non-hydrogen) atoms. The minimum atomic E-state index is -0.198. The first kappa shape index (κ1) is 13.0. The zero-order valence-corrected chi connectivity index (χ0v) is 11.2. The van der Waals surface area contributed by atoms with Crippen molar-refractivity contribution in [3.05, 3.63) is 72.7 Å². The van der Waals surface area contributed by atoms with Crippen LogP contribution in [0.15, 0.2) is 67.0 Å². The predicted molar refractivity (Wildman–Crippen MR) is 83.6 cm³/mol. The lowest BCUT2D eigenvalue weighted by Crippen LogP contribution is -2.07. The van der Waals surface area contributed by atoms with E-state index in [4.69, 9.17) is 0 Å². The van der Waals surface area contributed by atoms with Gasteiger partial charge in [-0.25, -0.2) is 4.98 Å². The van der Waals surface area contributed by atoms with Gasteiger partial charge in [-0.2, -0.15) is 0 Å². The minimum Gasteiger partial charge on any atom is -0.322 e. The number of benzene rings is 1. The average Bonchev–Trinajstić information content (AvgIpc) is 2.54. The molecular weight excluding hydrogens is 262 g/mol. The monoisotopic (exact) mass is 275 g/mol. The molecular formula is C17H13N3O. The highest BCUT2D eigenvalue weighted by molar-refractivity contribution is 6.01. The van der Waals surface area contributed by atoms with Crippen LogP contribution >= 0.6 is 0 Å². The van der Waals surface area contributed by atoms with Crippen LogP contribution in [0.1, 0.15) is 5.69 Å². The third kappa shape index (κ3) is 3.30. The number of amides is 1. The molecule has 0 spiro atoms. The predicted octanol–water partition coefficient (Wildman–Crippen LogP) is 3.28. The fourth-order valence-electron chi connectivity index (χ4n) is 1.95. The third-order valence-electron chi connectivity index (χ3n) is 2.97. The van der Waals surface area contributed by atoms with Crippen LogP contribution in [0.3, 0.4) is 0 Å². The van der Waals surface area contributed by atoms with Crippen LogP contribution in [-0.4, -0.2) is 15.9 Å². The van der Waals surface area contributed by atoms with E-state index in [1.807, 2.05) is 36.4 Å². The lowest BCUT2D eigenvalue weighted by Gasteiger charge is -2.01. The van der Waals surface area contributed by atoms with Crippen molar-refractivity contribution in [3.8, 4) is 0 Å². The molecule has 2 aromatic heterocycles. The van der Waals surface area contributed by atoms with Gasteiger partial charge in [0.2, 0.25) is 5.91 Å². The molecule has 0 saturated heterocycles. The molecule has 0 radical (unpaired) electrons. The Hall–Kier alpha value is -3.01. The van der Waals surface area contributed by atoms with Gasteiger partial charge in [0.05, 0.1) is 11.2 Å². The first-order chi connectivity index (χ1) is 10.3. The molecule has 0 unspecified atom stereocenters. The summed E-state index contributed by atoms with van der Waals surface area (Å²) in [7, 11) is 0. The number of carbonyl (C=O) groups excluding carboxylic acids is 1. The van der Waals surface area contributed by atoms with Crippen LogP contribution in [0.4, 0.5) is 5.69 Å². The Labute approximate surface area is 122 Å². The second kappa shape index (κ2) is 5.96. The van der Waals surface area contributed by atoms with Crippen LogP contribution in [0.2, 0.25) is 0 Å². The van der Waals surface area contributed by atoms with Crippen molar-refractivity contribution in [2.75, 3.05) is 5.32 Å². The second-order valence-corrected chi connectivity index (χ2v) is 4.49. The number of hydrogen-bond donors (Lipinski definition) is 1. The number of nitrogens with zero attached hydrogens (tertiary/aromatic N) is 2. The van der Waals surface area contributed by atoms with E-state index in [-0.39, 0.29) is 5.91 Å². The smallest absolute Gasteiger partial charge is 0.248 e. The van der Waals surface area contributed by atoms with E-state index in [2.05, 4.69) is 15.3 Å². The van der Waals surface area contributed by atoms with E-state index < -0.39 is 0 Å². The van der Waals surface area contributed by atoms with Gasteiger partial charge in [-0.1, -0.05) is 24.3 Å². The molecule has 3 aromatic rings. The van der Waals surface area contributed by atoms with Crippen molar-refractivity contribution >= 4 is 28.6 Å². The normalized spacial score (nSPS) is 10.9. The van der Waals surface area contributed by atoms with Gasteiger partial charge in [0.25, 0.3) is 0 Å². The Morgan fingerprint density at radius 2 is 1.81 bits per heavy atom. The summed E-state index contributed by atoms with van der Waals surface area (Å²) in [6.07, 6.45) is 6.43. The fraction of sp³-hybridized carbons (Fsp3) is 0. The number of fused-ring (bicyclic) bond motifs is 1. The molecule has 0 atom stereocenters. The molecule has 4 nitrogen and oxygen atoms in total. The zero-order chi connectivity index (χ0) is 14.5. The number of aromatic nitrogens is 2. The van der Waals surface area contributed by atoms with Crippen molar-refractivity contribution < 1.29 is 4.79 Å². The summed E-state index contributed by atoms with van der Waals surface area (Å²) in [6, 6.07) is 15.2. The Morgan fingerprint density at radius 1 is 1.00 bits per heavy atom. The third-order valence-corrected chi connectivity index (χ3v) is 2.97. The highest BCUT2D eigenvalue weighted by atomic mass is 16.1. The van der Waals surface area contributed by atoms with Crippen molar-refractivity contribution in [1.29, 1.82) is 0 Å². The molecule has 0 aliphatic rings. The number of hydrogen-bond acceptors (Lipinski definition) is 3. The zero-order valence-electron chi connectivity index (χ0n) is 11.2. The molecule has 1 amide bonds. The van der Waals surface area contributed by atoms with Gasteiger partial charge in [0.15, 0.2) is 0 Å². The first-order valence-corrected chi connectivity index (χ1v) is 6.56. The highest BCUT2D eigenvalue weighted by Gasteiger charge is 1.98. The van der Waals surface area contributed by atoms with Crippen LogP contribution in [0.25, 0.3) is 17.0 Å². The number of carbonyl (C=O) groups is 1. The summed E-state index contributed by atoms with van der Waals surface area (Å²) in [6.45, 7) is 0. The minimum absolute atomic E-state index is 0.198. The maximum absolute atomic E-state index is 11.8. The number of nitrogens with one attached hydrogen (secondary N) is 1. The van der Waals surface area contributed by atoms with Crippen LogP contribution in [0, 0.1) is 0 Å². The molecule has 0 saturated carbocycles. The number of pyridine rings is 2. The van der Waals surface area contributed by atoms with E-state index in [0.717, 1.165) is 16.6 Å². The van der Waals surface area contributed by atoms with Gasteiger partial charge >= 0.3 is 0 Å². The fourth-order valence-corrected chi connectivity index (χ4v) is 1.95. The second-order valence-electron chi connectivity index (χ2n) is 4.49. The summed E-state index contributed by atoms with van der Waals surface area (Å²) in [5.41, 5.74) is 2.37. The Morgan fingerprint density at radius 3 is 2.67 bits per heavy atom. The maximum atomic E-state index is 11.8. The van der Waals surface area contributed by atoms with Crippen LogP contribution in [0.5, 0.6) is 0 Å². The van der Waals surface area contributed by atoms with Crippen molar-refractivity contribution in [1.82, 2.24) is 9.97 Å². The molecule has 1 aromatic carbocycles. The quantitative estimate of drug-likeness (QED) is 0.746. The van der Waals surface area contributed by atoms with E-state index >= 15 is 0 Å². The van der Waals surface area contributed by atoms with Gasteiger partial charge in [-0.15, -0.1) is 0 Å². The number of anilines is 1. The van der Waals surface area contributed by atoms with Gasteiger partial charge in [0.1, 0.15) is 0 Å². The van der Waals surface area contributed by atoms with Crippen molar-refractivity contribution in [2.45, 2.75) is 0 Å². The molecule has 2 heterocycles. The molecule has 102 valence electrons. The first-order valence-electron chi connectivity index (χ1n) is 6.56. The summed E-state index contributed by atoms with van der Waals surface area (Å²) < 4.78 is 0. The molecule has 0 aliphatic carbocycles. The summed E-state index contributed by atoms with van der Waals surface area (Å²) in [5.74, 6) is -0.198. The molecule has 0 bridgehead atoms. The molecule has 0 aliphatic heterocycles. The van der Waals surface area contributed by atoms with Crippen molar-refractivity contribution in [3.63, 3.8) is 0 Å². The van der Waals surface area contributed by atoms with E-state index in [1.54, 1.807) is 30.6 Å². The van der Waals surface area contributed by atoms with Crippen LogP contribution in [-0.2, 0) is 4.79 Å². The number of rotatable bonds is 3. The average molecular weight is 275 g/mol. The van der Waals surface area contributed by atoms with Gasteiger partial charge in [-0.3, -0.25) is 9.78 Å². The number of para-hydroxylation sites is 1. The van der Waals surface area contributed by atoms with Gasteiger partial charge < -0.3 is 5.32 Å². The van der Waals surface area contributed by atoms with Gasteiger partial charge in [0, 0.05) is 29.5 Å². The molecule has 4 heteroatoms. The lowest BCUT2D eigenvalue weighted by atomic mass is 10.2. The maximum Gasteiger partial charge on any atom is 0.248 e. The van der Waals surface area contributed by atoms with E-state index in [1.165, 1.54) is 6.08 Å². The SMILES string of the molecule is O=C(/C=C/c1ccc2ccccc2n1)Nc1ccncc1. The Kier molecular flexibility index (Phi) is 3.69. The Balaban J connectivity index is 1.73. The van der Waals surface area contributed by atoms with Gasteiger partial charge in [-0.05, 0) is 30.3 Å². The van der Waals surface area contributed by atoms with E-state index in [9.17, 15) is 4.79 Å². The van der Waals surface area contributed by atoms with E-state index in [0.29, 0.717) is 5.69 Å². The lowest BCUT2D eigenvalue weighted by molar-refractivity contribution is -0.111. The largest absolute Gasteiger partial charge is 0.322 e. The van der Waals surface area contributed by atoms with Crippen molar-refractivity contribution in [2.24, 2.45) is 0 Å².